The standard InChI is InChI=1S/C20H17ClN4O2/c1-12-15(3-2-4-16(12)21)13-5-7-14(8-6-13)25-9-10-27-19-17(20(25)26)18(22)23-11-24-19/h2-8,11H,9-10H2,1H3,(H2,22,23,24). The van der Waals surface area contributed by atoms with Gasteiger partial charge in [-0.3, -0.25) is 4.79 Å². The number of halogens is 1. The molecule has 136 valence electrons. The van der Waals surface area contributed by atoms with E-state index in [1.165, 1.54) is 6.33 Å². The maximum atomic E-state index is 13.0. The zero-order chi connectivity index (χ0) is 19.0. The Kier molecular flexibility index (Phi) is 4.41. The SMILES string of the molecule is Cc1c(Cl)cccc1-c1ccc(N2CCOc3ncnc(N)c3C2=O)cc1. The highest BCUT2D eigenvalue weighted by Crippen LogP contribution is 2.31. The fraction of sp³-hybridized carbons (Fsp3) is 0.150. The van der Waals surface area contributed by atoms with Crippen molar-refractivity contribution in [3.8, 4) is 17.0 Å². The molecule has 1 aliphatic heterocycles. The number of rotatable bonds is 2. The Labute approximate surface area is 161 Å². The number of fused-ring (bicyclic) bond motifs is 1. The van der Waals surface area contributed by atoms with Crippen LogP contribution >= 0.6 is 11.6 Å². The third-order valence-electron chi connectivity index (χ3n) is 4.61. The van der Waals surface area contributed by atoms with E-state index >= 15 is 0 Å². The number of hydrogen-bond acceptors (Lipinski definition) is 5. The lowest BCUT2D eigenvalue weighted by Gasteiger charge is -2.20. The molecule has 0 atom stereocenters. The Bertz CT molecular complexity index is 1020. The topological polar surface area (TPSA) is 81.3 Å². The number of amides is 1. The Morgan fingerprint density at radius 1 is 1.15 bits per heavy atom. The lowest BCUT2D eigenvalue weighted by Crippen LogP contribution is -2.32. The predicted molar refractivity (Wildman–Crippen MR) is 105 cm³/mol. The zero-order valence-electron chi connectivity index (χ0n) is 14.6. The van der Waals surface area contributed by atoms with Crippen LogP contribution in [0.5, 0.6) is 5.88 Å². The van der Waals surface area contributed by atoms with Gasteiger partial charge >= 0.3 is 0 Å². The maximum absolute atomic E-state index is 13.0. The lowest BCUT2D eigenvalue weighted by molar-refractivity contribution is 0.0990. The number of nitrogens with two attached hydrogens (primary N) is 1. The van der Waals surface area contributed by atoms with Gasteiger partial charge in [-0.25, -0.2) is 9.97 Å². The van der Waals surface area contributed by atoms with Crippen LogP contribution in [0, 0.1) is 6.92 Å². The highest BCUT2D eigenvalue weighted by Gasteiger charge is 2.28. The van der Waals surface area contributed by atoms with E-state index in [0.29, 0.717) is 13.2 Å². The quantitative estimate of drug-likeness (QED) is 0.732. The van der Waals surface area contributed by atoms with Crippen LogP contribution in [-0.2, 0) is 0 Å². The van der Waals surface area contributed by atoms with Gasteiger partial charge in [-0.1, -0.05) is 35.9 Å². The van der Waals surface area contributed by atoms with E-state index in [2.05, 4.69) is 9.97 Å². The Hall–Kier alpha value is -3.12. The molecule has 2 aromatic carbocycles. The number of nitrogens with zero attached hydrogens (tertiary/aromatic N) is 3. The molecule has 0 fully saturated rings. The van der Waals surface area contributed by atoms with E-state index in [1.54, 1.807) is 4.90 Å². The molecule has 2 heterocycles. The summed E-state index contributed by atoms with van der Waals surface area (Å²) in [6, 6.07) is 13.6. The van der Waals surface area contributed by atoms with Crippen LogP contribution in [0.1, 0.15) is 15.9 Å². The molecular weight excluding hydrogens is 364 g/mol. The molecule has 6 nitrogen and oxygen atoms in total. The largest absolute Gasteiger partial charge is 0.475 e. The van der Waals surface area contributed by atoms with Crippen molar-refractivity contribution < 1.29 is 9.53 Å². The summed E-state index contributed by atoms with van der Waals surface area (Å²) in [5.41, 5.74) is 9.94. The van der Waals surface area contributed by atoms with Crippen LogP contribution < -0.4 is 15.4 Å². The molecule has 2 N–H and O–H groups in total. The molecule has 4 rings (SSSR count). The minimum Gasteiger partial charge on any atom is -0.475 e. The van der Waals surface area contributed by atoms with Crippen molar-refractivity contribution in [1.82, 2.24) is 9.97 Å². The summed E-state index contributed by atoms with van der Waals surface area (Å²) in [6.45, 7) is 2.70. The first-order chi connectivity index (χ1) is 13.1. The van der Waals surface area contributed by atoms with Crippen molar-refractivity contribution in [2.75, 3.05) is 23.8 Å². The summed E-state index contributed by atoms with van der Waals surface area (Å²) in [5.74, 6) is 0.0662. The second-order valence-electron chi connectivity index (χ2n) is 6.20. The van der Waals surface area contributed by atoms with Crippen molar-refractivity contribution in [2.24, 2.45) is 0 Å². The van der Waals surface area contributed by atoms with E-state index in [1.807, 2.05) is 49.4 Å². The second-order valence-corrected chi connectivity index (χ2v) is 6.61. The van der Waals surface area contributed by atoms with E-state index in [4.69, 9.17) is 22.1 Å². The summed E-state index contributed by atoms with van der Waals surface area (Å²) >= 11 is 6.23. The van der Waals surface area contributed by atoms with Crippen molar-refractivity contribution >= 4 is 29.0 Å². The van der Waals surface area contributed by atoms with Gasteiger partial charge in [0.25, 0.3) is 5.91 Å². The van der Waals surface area contributed by atoms with Crippen LogP contribution in [0.4, 0.5) is 11.5 Å². The van der Waals surface area contributed by atoms with Crippen molar-refractivity contribution in [3.63, 3.8) is 0 Å². The molecule has 0 spiro atoms. The Balaban J connectivity index is 1.69. The van der Waals surface area contributed by atoms with Gasteiger partial charge in [0.2, 0.25) is 5.88 Å². The molecule has 0 radical (unpaired) electrons. The highest BCUT2D eigenvalue weighted by atomic mass is 35.5. The first-order valence-electron chi connectivity index (χ1n) is 8.47. The first-order valence-corrected chi connectivity index (χ1v) is 8.84. The van der Waals surface area contributed by atoms with Crippen LogP contribution in [0.15, 0.2) is 48.8 Å². The number of ether oxygens (including phenoxy) is 1. The van der Waals surface area contributed by atoms with Gasteiger partial charge in [0.15, 0.2) is 0 Å². The van der Waals surface area contributed by atoms with Gasteiger partial charge in [0.05, 0.1) is 6.54 Å². The van der Waals surface area contributed by atoms with Crippen LogP contribution in [0.3, 0.4) is 0 Å². The number of anilines is 2. The molecule has 0 aliphatic carbocycles. The summed E-state index contributed by atoms with van der Waals surface area (Å²) in [5, 5.41) is 0.725. The molecule has 27 heavy (non-hydrogen) atoms. The molecule has 0 bridgehead atoms. The number of aromatic nitrogens is 2. The Morgan fingerprint density at radius 3 is 2.70 bits per heavy atom. The Morgan fingerprint density at radius 2 is 1.93 bits per heavy atom. The van der Waals surface area contributed by atoms with E-state index in [0.717, 1.165) is 27.4 Å². The minimum absolute atomic E-state index is 0.114. The van der Waals surface area contributed by atoms with Crippen molar-refractivity contribution in [2.45, 2.75) is 6.92 Å². The molecule has 1 aliphatic rings. The smallest absolute Gasteiger partial charge is 0.267 e. The molecule has 0 saturated heterocycles. The lowest BCUT2D eigenvalue weighted by atomic mass is 10.0. The fourth-order valence-corrected chi connectivity index (χ4v) is 3.32. The average molecular weight is 381 g/mol. The third kappa shape index (κ3) is 3.08. The molecule has 0 unspecified atom stereocenters. The summed E-state index contributed by atoms with van der Waals surface area (Å²) in [7, 11) is 0. The number of carbonyl (C=O) groups is 1. The van der Waals surface area contributed by atoms with Gasteiger partial charge in [-0.05, 0) is 41.8 Å². The van der Waals surface area contributed by atoms with E-state index < -0.39 is 0 Å². The number of hydrogen-bond donors (Lipinski definition) is 1. The maximum Gasteiger partial charge on any atom is 0.267 e. The molecule has 7 heteroatoms. The molecule has 1 aromatic heterocycles. The van der Waals surface area contributed by atoms with Gasteiger partial charge < -0.3 is 15.4 Å². The first kappa shape index (κ1) is 17.3. The van der Waals surface area contributed by atoms with Gasteiger partial charge in [-0.15, -0.1) is 0 Å². The molecule has 0 saturated carbocycles. The monoisotopic (exact) mass is 380 g/mol. The molecule has 3 aromatic rings. The number of carbonyl (C=O) groups excluding carboxylic acids is 1. The normalized spacial score (nSPS) is 13.7. The van der Waals surface area contributed by atoms with Crippen molar-refractivity contribution in [1.29, 1.82) is 0 Å². The van der Waals surface area contributed by atoms with Crippen LogP contribution in [0.25, 0.3) is 11.1 Å². The second kappa shape index (κ2) is 6.89. The third-order valence-corrected chi connectivity index (χ3v) is 5.02. The number of benzene rings is 2. The average Bonchev–Trinajstić information content (AvgIpc) is 2.84. The van der Waals surface area contributed by atoms with Gasteiger partial charge in [0.1, 0.15) is 24.3 Å². The highest BCUT2D eigenvalue weighted by molar-refractivity contribution is 6.31. The van der Waals surface area contributed by atoms with Gasteiger partial charge in [0, 0.05) is 10.7 Å². The molecular formula is C20H17ClN4O2. The zero-order valence-corrected chi connectivity index (χ0v) is 15.4. The van der Waals surface area contributed by atoms with Gasteiger partial charge in [-0.2, -0.15) is 0 Å². The van der Waals surface area contributed by atoms with Crippen LogP contribution in [-0.4, -0.2) is 29.0 Å². The minimum atomic E-state index is -0.271. The van der Waals surface area contributed by atoms with E-state index in [-0.39, 0.29) is 23.2 Å². The molecule has 1 amide bonds. The van der Waals surface area contributed by atoms with E-state index in [9.17, 15) is 4.79 Å². The summed E-state index contributed by atoms with van der Waals surface area (Å²) < 4.78 is 5.57. The van der Waals surface area contributed by atoms with Crippen molar-refractivity contribution in [3.05, 3.63) is 64.9 Å². The fourth-order valence-electron chi connectivity index (χ4n) is 3.15. The summed E-state index contributed by atoms with van der Waals surface area (Å²) in [6.07, 6.45) is 1.29. The van der Waals surface area contributed by atoms with Crippen LogP contribution in [0.2, 0.25) is 5.02 Å². The predicted octanol–water partition coefficient (Wildman–Crippen LogP) is 3.73. The summed E-state index contributed by atoms with van der Waals surface area (Å²) in [4.78, 5) is 22.5. The number of nitrogen functional groups attached to an aromatic ring is 1.